The second kappa shape index (κ2) is 4.97. The molecule has 2 heterocycles. The number of aromatic amines is 1. The molecule has 0 spiro atoms. The van der Waals surface area contributed by atoms with Crippen molar-refractivity contribution in [2.45, 2.75) is 6.42 Å². The fourth-order valence-corrected chi connectivity index (χ4v) is 2.30. The predicted molar refractivity (Wildman–Crippen MR) is 66.7 cm³/mol. The maximum absolute atomic E-state index is 11.3. The summed E-state index contributed by atoms with van der Waals surface area (Å²) in [6.07, 6.45) is 2.61. The molecule has 2 rings (SSSR count). The van der Waals surface area contributed by atoms with Crippen molar-refractivity contribution in [2.24, 2.45) is 5.92 Å². The molecule has 0 amide bonds. The van der Waals surface area contributed by atoms with Gasteiger partial charge in [-0.1, -0.05) is 0 Å². The monoisotopic (exact) mass is 286 g/mol. The Balaban J connectivity index is 1.95. The number of likely N-dealkylation sites (tertiary alicyclic amines) is 1. The van der Waals surface area contributed by atoms with Crippen LogP contribution in [0.3, 0.4) is 0 Å². The molecular formula is C10H15BrN4O. The largest absolute Gasteiger partial charge is 0.369 e. The van der Waals surface area contributed by atoms with Crippen LogP contribution in [0.2, 0.25) is 0 Å². The second-order valence-corrected chi connectivity index (χ2v) is 4.99. The van der Waals surface area contributed by atoms with Crippen LogP contribution < -0.4 is 10.9 Å². The first-order chi connectivity index (χ1) is 7.66. The Labute approximate surface area is 102 Å². The summed E-state index contributed by atoms with van der Waals surface area (Å²) in [5.74, 6) is 1.26. The summed E-state index contributed by atoms with van der Waals surface area (Å²) in [7, 11) is 2.13. The second-order valence-electron chi connectivity index (χ2n) is 4.19. The van der Waals surface area contributed by atoms with E-state index in [1.807, 2.05) is 0 Å². The maximum Gasteiger partial charge on any atom is 0.267 e. The summed E-state index contributed by atoms with van der Waals surface area (Å²) in [4.78, 5) is 20.2. The van der Waals surface area contributed by atoms with E-state index in [0.717, 1.165) is 19.6 Å². The lowest BCUT2D eigenvalue weighted by atomic mass is 10.1. The molecule has 0 bridgehead atoms. The minimum atomic E-state index is -0.152. The van der Waals surface area contributed by atoms with Crippen LogP contribution in [0.1, 0.15) is 6.42 Å². The predicted octanol–water partition coefficient (Wildman–Crippen LogP) is 0.896. The van der Waals surface area contributed by atoms with E-state index in [2.05, 4.69) is 43.2 Å². The lowest BCUT2D eigenvalue weighted by Gasteiger charge is -2.12. The van der Waals surface area contributed by atoms with Gasteiger partial charge in [0.1, 0.15) is 10.3 Å². The summed E-state index contributed by atoms with van der Waals surface area (Å²) < 4.78 is 0.473. The Hall–Kier alpha value is -0.880. The molecule has 1 aromatic heterocycles. The number of hydrogen-bond donors (Lipinski definition) is 2. The van der Waals surface area contributed by atoms with Crippen molar-refractivity contribution in [1.29, 1.82) is 0 Å². The van der Waals surface area contributed by atoms with Gasteiger partial charge in [-0.3, -0.25) is 4.79 Å². The van der Waals surface area contributed by atoms with Crippen molar-refractivity contribution < 1.29 is 0 Å². The first-order valence-corrected chi connectivity index (χ1v) is 6.11. The molecule has 6 heteroatoms. The highest BCUT2D eigenvalue weighted by atomic mass is 79.9. The zero-order chi connectivity index (χ0) is 11.5. The molecule has 1 aliphatic rings. The Bertz CT molecular complexity index is 420. The average molecular weight is 287 g/mol. The number of rotatable bonds is 3. The van der Waals surface area contributed by atoms with Gasteiger partial charge in [-0.25, -0.2) is 4.98 Å². The third-order valence-corrected chi connectivity index (χ3v) is 3.58. The van der Waals surface area contributed by atoms with Gasteiger partial charge < -0.3 is 15.2 Å². The lowest BCUT2D eigenvalue weighted by Crippen LogP contribution is -2.20. The molecule has 0 aromatic carbocycles. The van der Waals surface area contributed by atoms with Crippen molar-refractivity contribution in [3.05, 3.63) is 21.2 Å². The molecule has 88 valence electrons. The van der Waals surface area contributed by atoms with E-state index in [9.17, 15) is 4.79 Å². The van der Waals surface area contributed by atoms with Crippen molar-refractivity contribution in [2.75, 3.05) is 32.0 Å². The van der Waals surface area contributed by atoms with E-state index in [1.165, 1.54) is 12.7 Å². The molecule has 0 saturated carbocycles. The van der Waals surface area contributed by atoms with E-state index >= 15 is 0 Å². The zero-order valence-electron chi connectivity index (χ0n) is 9.16. The molecule has 1 unspecified atom stereocenters. The van der Waals surface area contributed by atoms with Gasteiger partial charge in [0.25, 0.3) is 5.56 Å². The quantitative estimate of drug-likeness (QED) is 0.867. The molecule has 1 aliphatic heterocycles. The van der Waals surface area contributed by atoms with Gasteiger partial charge in [-0.15, -0.1) is 0 Å². The van der Waals surface area contributed by atoms with Crippen molar-refractivity contribution >= 4 is 21.7 Å². The van der Waals surface area contributed by atoms with E-state index in [1.54, 1.807) is 0 Å². The van der Waals surface area contributed by atoms with Crippen molar-refractivity contribution in [1.82, 2.24) is 14.9 Å². The van der Waals surface area contributed by atoms with Crippen molar-refractivity contribution in [3.8, 4) is 0 Å². The summed E-state index contributed by atoms with van der Waals surface area (Å²) >= 11 is 3.22. The average Bonchev–Trinajstić information content (AvgIpc) is 2.67. The SMILES string of the molecule is CN1CCC(CNc2nc[nH]c(=O)c2Br)C1. The third kappa shape index (κ3) is 2.62. The highest BCUT2D eigenvalue weighted by Gasteiger charge is 2.19. The molecule has 1 aromatic rings. The number of aromatic nitrogens is 2. The van der Waals surface area contributed by atoms with Crippen LogP contribution in [0.5, 0.6) is 0 Å². The molecule has 1 atom stereocenters. The van der Waals surface area contributed by atoms with E-state index in [-0.39, 0.29) is 5.56 Å². The Morgan fingerprint density at radius 1 is 1.75 bits per heavy atom. The number of nitrogens with zero attached hydrogens (tertiary/aromatic N) is 2. The number of anilines is 1. The highest BCUT2D eigenvalue weighted by Crippen LogP contribution is 2.17. The van der Waals surface area contributed by atoms with Crippen molar-refractivity contribution in [3.63, 3.8) is 0 Å². The summed E-state index contributed by atoms with van der Waals surface area (Å²) in [5, 5.41) is 3.21. The molecule has 16 heavy (non-hydrogen) atoms. The van der Waals surface area contributed by atoms with Crippen LogP contribution in [-0.4, -0.2) is 41.5 Å². The molecule has 1 fully saturated rings. The Morgan fingerprint density at radius 3 is 3.25 bits per heavy atom. The number of halogens is 1. The lowest BCUT2D eigenvalue weighted by molar-refractivity contribution is 0.399. The normalized spacial score (nSPS) is 21.2. The molecule has 2 N–H and O–H groups in total. The van der Waals surface area contributed by atoms with Crippen LogP contribution in [0.4, 0.5) is 5.82 Å². The van der Waals surface area contributed by atoms with Crippen LogP contribution in [0.15, 0.2) is 15.6 Å². The van der Waals surface area contributed by atoms with Gasteiger partial charge in [0.15, 0.2) is 0 Å². The van der Waals surface area contributed by atoms with E-state index in [4.69, 9.17) is 0 Å². The fourth-order valence-electron chi connectivity index (χ4n) is 1.94. The topological polar surface area (TPSA) is 61.0 Å². The van der Waals surface area contributed by atoms with Gasteiger partial charge in [0.2, 0.25) is 0 Å². The molecular weight excluding hydrogens is 272 g/mol. The van der Waals surface area contributed by atoms with Gasteiger partial charge >= 0.3 is 0 Å². The minimum Gasteiger partial charge on any atom is -0.369 e. The number of nitrogens with one attached hydrogen (secondary N) is 2. The zero-order valence-corrected chi connectivity index (χ0v) is 10.7. The standard InChI is InChI=1S/C10H15BrN4O/c1-15-3-2-7(5-15)4-12-9-8(11)10(16)14-6-13-9/h6-7H,2-5H2,1H3,(H2,12,13,14,16). The third-order valence-electron chi connectivity index (χ3n) is 2.84. The molecule has 0 aliphatic carbocycles. The summed E-state index contributed by atoms with van der Waals surface area (Å²) in [5.41, 5.74) is -0.152. The first kappa shape index (κ1) is 11.6. The summed E-state index contributed by atoms with van der Waals surface area (Å²) in [6.45, 7) is 3.11. The van der Waals surface area contributed by atoms with Gasteiger partial charge in [-0.05, 0) is 41.9 Å². The molecule has 5 nitrogen and oxygen atoms in total. The molecule has 1 saturated heterocycles. The number of hydrogen-bond acceptors (Lipinski definition) is 4. The number of H-pyrrole nitrogens is 1. The van der Waals surface area contributed by atoms with Crippen LogP contribution in [-0.2, 0) is 0 Å². The first-order valence-electron chi connectivity index (χ1n) is 5.32. The van der Waals surface area contributed by atoms with Gasteiger partial charge in [0, 0.05) is 13.1 Å². The smallest absolute Gasteiger partial charge is 0.267 e. The Morgan fingerprint density at radius 2 is 2.56 bits per heavy atom. The fraction of sp³-hybridized carbons (Fsp3) is 0.600. The van der Waals surface area contributed by atoms with E-state index in [0.29, 0.717) is 16.2 Å². The summed E-state index contributed by atoms with van der Waals surface area (Å²) in [6, 6.07) is 0. The minimum absolute atomic E-state index is 0.152. The van der Waals surface area contributed by atoms with Crippen LogP contribution >= 0.6 is 15.9 Å². The molecule has 0 radical (unpaired) electrons. The highest BCUT2D eigenvalue weighted by molar-refractivity contribution is 9.10. The van der Waals surface area contributed by atoms with Gasteiger partial charge in [-0.2, -0.15) is 0 Å². The van der Waals surface area contributed by atoms with Gasteiger partial charge in [0.05, 0.1) is 6.33 Å². The van der Waals surface area contributed by atoms with Crippen LogP contribution in [0, 0.1) is 5.92 Å². The Kier molecular flexibility index (Phi) is 3.60. The maximum atomic E-state index is 11.3. The van der Waals surface area contributed by atoms with Crippen LogP contribution in [0.25, 0.3) is 0 Å². The van der Waals surface area contributed by atoms with E-state index < -0.39 is 0 Å².